The van der Waals surface area contributed by atoms with Gasteiger partial charge in [0.25, 0.3) is 0 Å². The maximum Gasteiger partial charge on any atom is 0.237 e. The van der Waals surface area contributed by atoms with E-state index in [0.29, 0.717) is 13.1 Å². The third-order valence-electron chi connectivity index (χ3n) is 4.78. The molecule has 2 aliphatic heterocycles. The summed E-state index contributed by atoms with van der Waals surface area (Å²) in [4.78, 5) is 26.1. The monoisotopic (exact) mass is 304 g/mol. The molecule has 0 bridgehead atoms. The molecule has 6 nitrogen and oxygen atoms in total. The van der Waals surface area contributed by atoms with E-state index in [-0.39, 0.29) is 12.0 Å². The van der Waals surface area contributed by atoms with Crippen LogP contribution in [0.5, 0.6) is 0 Å². The SMILES string of the molecule is COC(C)CCN1Cc2cnc(C)nc2C2(CN(C)C2)C1=O. The highest BCUT2D eigenvalue weighted by atomic mass is 16.5. The van der Waals surface area contributed by atoms with Crippen molar-refractivity contribution in [1.82, 2.24) is 19.8 Å². The van der Waals surface area contributed by atoms with E-state index in [1.54, 1.807) is 7.11 Å². The molecule has 0 radical (unpaired) electrons. The van der Waals surface area contributed by atoms with Gasteiger partial charge >= 0.3 is 0 Å². The molecule has 120 valence electrons. The fraction of sp³-hybridized carbons (Fsp3) is 0.688. The van der Waals surface area contributed by atoms with Crippen LogP contribution in [0.15, 0.2) is 6.20 Å². The van der Waals surface area contributed by atoms with Crippen molar-refractivity contribution < 1.29 is 9.53 Å². The first kappa shape index (κ1) is 15.4. The van der Waals surface area contributed by atoms with Crippen LogP contribution in [0.25, 0.3) is 0 Å². The highest BCUT2D eigenvalue weighted by Gasteiger charge is 2.55. The molecule has 0 saturated carbocycles. The molecule has 22 heavy (non-hydrogen) atoms. The number of hydrogen-bond donors (Lipinski definition) is 0. The number of amides is 1. The number of ether oxygens (including phenoxy) is 1. The molecule has 1 saturated heterocycles. The zero-order valence-corrected chi connectivity index (χ0v) is 13.8. The molecule has 1 amide bonds. The predicted octanol–water partition coefficient (Wildman–Crippen LogP) is 0.735. The van der Waals surface area contributed by atoms with E-state index in [1.807, 2.05) is 32.0 Å². The number of methoxy groups -OCH3 is 1. The van der Waals surface area contributed by atoms with Crippen molar-refractivity contribution in [2.45, 2.75) is 38.3 Å². The first-order valence-corrected chi connectivity index (χ1v) is 7.80. The molecule has 3 rings (SSSR count). The number of rotatable bonds is 4. The van der Waals surface area contributed by atoms with Crippen LogP contribution in [0.4, 0.5) is 0 Å². The third-order valence-corrected chi connectivity index (χ3v) is 4.78. The quantitative estimate of drug-likeness (QED) is 0.821. The van der Waals surface area contributed by atoms with Crippen LogP contribution in [0, 0.1) is 6.92 Å². The zero-order valence-electron chi connectivity index (χ0n) is 13.8. The number of carbonyl (C=O) groups is 1. The number of likely N-dealkylation sites (tertiary alicyclic amines) is 1. The van der Waals surface area contributed by atoms with Gasteiger partial charge in [-0.15, -0.1) is 0 Å². The summed E-state index contributed by atoms with van der Waals surface area (Å²) in [6.45, 7) is 6.72. The molecular formula is C16H24N4O2. The van der Waals surface area contributed by atoms with Crippen LogP contribution in [-0.2, 0) is 21.5 Å². The number of carbonyl (C=O) groups excluding carboxylic acids is 1. The lowest BCUT2D eigenvalue weighted by molar-refractivity contribution is -0.147. The molecule has 1 fully saturated rings. The van der Waals surface area contributed by atoms with Gasteiger partial charge in [-0.05, 0) is 27.3 Å². The molecule has 0 aliphatic carbocycles. The van der Waals surface area contributed by atoms with E-state index in [4.69, 9.17) is 4.74 Å². The summed E-state index contributed by atoms with van der Waals surface area (Å²) in [5, 5.41) is 0. The lowest BCUT2D eigenvalue weighted by atomic mass is 9.72. The van der Waals surface area contributed by atoms with Gasteiger partial charge in [-0.25, -0.2) is 9.97 Å². The number of likely N-dealkylation sites (N-methyl/N-ethyl adjacent to an activating group) is 1. The maximum absolute atomic E-state index is 13.0. The van der Waals surface area contributed by atoms with Crippen molar-refractivity contribution in [2.24, 2.45) is 0 Å². The van der Waals surface area contributed by atoms with Gasteiger partial charge in [0.15, 0.2) is 0 Å². The van der Waals surface area contributed by atoms with Crippen LogP contribution in [-0.4, -0.2) is 65.6 Å². The van der Waals surface area contributed by atoms with Gasteiger partial charge in [0.1, 0.15) is 11.2 Å². The standard InChI is InChI=1S/C16H24N4O2/c1-11(22-4)5-6-20-8-13-7-17-12(2)18-14(13)16(15(20)21)9-19(3)10-16/h7,11H,5-6,8-10H2,1-4H3. The Morgan fingerprint density at radius 3 is 2.82 bits per heavy atom. The number of aromatic nitrogens is 2. The minimum absolute atomic E-state index is 0.156. The van der Waals surface area contributed by atoms with Crippen molar-refractivity contribution in [3.05, 3.63) is 23.3 Å². The second-order valence-electron chi connectivity index (χ2n) is 6.61. The fourth-order valence-corrected chi connectivity index (χ4v) is 3.50. The van der Waals surface area contributed by atoms with E-state index >= 15 is 0 Å². The Morgan fingerprint density at radius 1 is 1.45 bits per heavy atom. The maximum atomic E-state index is 13.0. The second-order valence-corrected chi connectivity index (χ2v) is 6.61. The number of nitrogens with zero attached hydrogens (tertiary/aromatic N) is 4. The number of hydrogen-bond acceptors (Lipinski definition) is 5. The fourth-order valence-electron chi connectivity index (χ4n) is 3.50. The number of fused-ring (bicyclic) bond motifs is 2. The van der Waals surface area contributed by atoms with Crippen LogP contribution in [0.2, 0.25) is 0 Å². The molecule has 1 unspecified atom stereocenters. The first-order valence-electron chi connectivity index (χ1n) is 7.80. The van der Waals surface area contributed by atoms with E-state index < -0.39 is 5.41 Å². The van der Waals surface area contributed by atoms with E-state index in [9.17, 15) is 4.79 Å². The molecular weight excluding hydrogens is 280 g/mol. The molecule has 1 atom stereocenters. The summed E-state index contributed by atoms with van der Waals surface area (Å²) in [6, 6.07) is 0. The van der Waals surface area contributed by atoms with E-state index in [0.717, 1.165) is 36.6 Å². The van der Waals surface area contributed by atoms with Gasteiger partial charge in [0, 0.05) is 45.0 Å². The van der Waals surface area contributed by atoms with Crippen LogP contribution in [0.3, 0.4) is 0 Å². The first-order chi connectivity index (χ1) is 10.5. The van der Waals surface area contributed by atoms with E-state index in [1.165, 1.54) is 0 Å². The highest BCUT2D eigenvalue weighted by Crippen LogP contribution is 2.40. The van der Waals surface area contributed by atoms with Gasteiger partial charge in [0.2, 0.25) is 5.91 Å². The van der Waals surface area contributed by atoms with Crippen LogP contribution < -0.4 is 0 Å². The van der Waals surface area contributed by atoms with Crippen molar-refractivity contribution in [1.29, 1.82) is 0 Å². The summed E-state index contributed by atoms with van der Waals surface area (Å²) in [5.41, 5.74) is 1.56. The Hall–Kier alpha value is -1.53. The van der Waals surface area contributed by atoms with Crippen LogP contribution >= 0.6 is 0 Å². The van der Waals surface area contributed by atoms with Gasteiger partial charge in [0.05, 0.1) is 11.8 Å². The Morgan fingerprint density at radius 2 is 2.18 bits per heavy atom. The Labute approximate surface area is 131 Å². The number of aryl methyl sites for hydroxylation is 1. The topological polar surface area (TPSA) is 58.6 Å². The van der Waals surface area contributed by atoms with Crippen molar-refractivity contribution >= 4 is 5.91 Å². The summed E-state index contributed by atoms with van der Waals surface area (Å²) in [6.07, 6.45) is 2.89. The molecule has 1 aromatic heterocycles. The summed E-state index contributed by atoms with van der Waals surface area (Å²) < 4.78 is 5.30. The Kier molecular flexibility index (Phi) is 3.91. The lowest BCUT2D eigenvalue weighted by Gasteiger charge is -2.51. The van der Waals surface area contributed by atoms with Crippen molar-refractivity contribution in [2.75, 3.05) is 33.8 Å². The Balaban J connectivity index is 1.89. The third kappa shape index (κ3) is 2.40. The molecule has 3 heterocycles. The van der Waals surface area contributed by atoms with Crippen LogP contribution in [0.1, 0.15) is 30.4 Å². The Bertz CT molecular complexity index is 584. The zero-order chi connectivity index (χ0) is 15.9. The molecule has 6 heteroatoms. The molecule has 2 aliphatic rings. The van der Waals surface area contributed by atoms with Gasteiger partial charge < -0.3 is 14.5 Å². The average Bonchev–Trinajstić information content (AvgIpc) is 2.47. The lowest BCUT2D eigenvalue weighted by Crippen LogP contribution is -2.68. The molecule has 0 N–H and O–H groups in total. The molecule has 0 aromatic carbocycles. The summed E-state index contributed by atoms with van der Waals surface area (Å²) >= 11 is 0. The van der Waals surface area contributed by atoms with Crippen molar-refractivity contribution in [3.63, 3.8) is 0 Å². The largest absolute Gasteiger partial charge is 0.382 e. The normalized spacial score (nSPS) is 21.6. The van der Waals surface area contributed by atoms with Crippen molar-refractivity contribution in [3.8, 4) is 0 Å². The second kappa shape index (κ2) is 5.59. The molecule has 1 aromatic rings. The van der Waals surface area contributed by atoms with Gasteiger partial charge in [-0.2, -0.15) is 0 Å². The highest BCUT2D eigenvalue weighted by molar-refractivity contribution is 5.91. The summed E-state index contributed by atoms with van der Waals surface area (Å²) in [7, 11) is 3.75. The van der Waals surface area contributed by atoms with Gasteiger partial charge in [-0.1, -0.05) is 0 Å². The average molecular weight is 304 g/mol. The summed E-state index contributed by atoms with van der Waals surface area (Å²) in [5.74, 6) is 0.946. The predicted molar refractivity (Wildman–Crippen MR) is 82.4 cm³/mol. The van der Waals surface area contributed by atoms with Gasteiger partial charge in [-0.3, -0.25) is 4.79 Å². The smallest absolute Gasteiger partial charge is 0.237 e. The minimum atomic E-state index is -0.466. The minimum Gasteiger partial charge on any atom is -0.382 e. The van der Waals surface area contributed by atoms with E-state index in [2.05, 4.69) is 14.9 Å². The molecule has 1 spiro atoms.